The van der Waals surface area contributed by atoms with Gasteiger partial charge in [-0.05, 0) is 36.6 Å². The van der Waals surface area contributed by atoms with Crippen molar-refractivity contribution in [3.63, 3.8) is 0 Å². The molecule has 0 spiro atoms. The van der Waals surface area contributed by atoms with E-state index in [1.165, 1.54) is 9.69 Å². The summed E-state index contributed by atoms with van der Waals surface area (Å²) in [6.07, 6.45) is 1.87. The molecular weight excluding hydrogens is 302 g/mol. The van der Waals surface area contributed by atoms with Crippen LogP contribution < -0.4 is 0 Å². The Hall–Kier alpha value is -0.960. The number of sulfonamides is 1. The Morgan fingerprint density at radius 1 is 1.45 bits per heavy atom. The maximum atomic E-state index is 12.5. The minimum atomic E-state index is -3.84. The summed E-state index contributed by atoms with van der Waals surface area (Å²) in [5, 5.41) is 20.8. The zero-order chi connectivity index (χ0) is 14.7. The van der Waals surface area contributed by atoms with E-state index in [-0.39, 0.29) is 28.8 Å². The summed E-state index contributed by atoms with van der Waals surface area (Å²) in [6, 6.07) is 0. The minimum Gasteiger partial charge on any atom is -0.477 e. The minimum absolute atomic E-state index is 0.0638. The molecule has 0 amide bonds. The van der Waals surface area contributed by atoms with Gasteiger partial charge in [-0.2, -0.15) is 4.31 Å². The van der Waals surface area contributed by atoms with Crippen molar-refractivity contribution in [2.24, 2.45) is 5.92 Å². The Balaban J connectivity index is 1.90. The van der Waals surface area contributed by atoms with E-state index >= 15 is 0 Å². The average Bonchev–Trinajstić information content (AvgIpc) is 3.07. The topological polar surface area (TPSA) is 94.9 Å². The van der Waals surface area contributed by atoms with E-state index in [4.69, 9.17) is 5.11 Å². The van der Waals surface area contributed by atoms with Gasteiger partial charge in [-0.3, -0.25) is 0 Å². The molecule has 110 valence electrons. The van der Waals surface area contributed by atoms with Crippen LogP contribution in [-0.4, -0.2) is 47.6 Å². The predicted octanol–water partition coefficient (Wildman–Crippen LogP) is 0.900. The molecular formula is C12H15NO5S2. The maximum Gasteiger partial charge on any atom is 0.347 e. The van der Waals surface area contributed by atoms with Crippen LogP contribution in [0.3, 0.4) is 0 Å². The van der Waals surface area contributed by atoms with Crippen molar-refractivity contribution >= 4 is 27.3 Å². The number of hydrogen-bond acceptors (Lipinski definition) is 5. The van der Waals surface area contributed by atoms with Gasteiger partial charge in [0.05, 0.1) is 5.60 Å². The Bertz CT molecular complexity index is 668. The number of carboxylic acids is 1. The second-order valence-electron chi connectivity index (χ2n) is 5.53. The fourth-order valence-corrected chi connectivity index (χ4v) is 5.79. The fourth-order valence-electron chi connectivity index (χ4n) is 2.64. The standard InChI is InChI=1S/C12H15NO5S2/c1-7-4-19-9(11(14)15)10(7)20(17,18)13-5-12(16,6-13)8-2-3-8/h4,8,16H,2-3,5-6H2,1H3,(H,14,15). The van der Waals surface area contributed by atoms with E-state index in [0.717, 1.165) is 24.2 Å². The van der Waals surface area contributed by atoms with Crippen LogP contribution in [0.4, 0.5) is 0 Å². The second-order valence-corrected chi connectivity index (χ2v) is 8.29. The van der Waals surface area contributed by atoms with Crippen LogP contribution in [-0.2, 0) is 10.0 Å². The van der Waals surface area contributed by atoms with Gasteiger partial charge in [0, 0.05) is 13.1 Å². The van der Waals surface area contributed by atoms with E-state index in [2.05, 4.69) is 0 Å². The van der Waals surface area contributed by atoms with Crippen molar-refractivity contribution in [2.75, 3.05) is 13.1 Å². The number of aliphatic hydroxyl groups is 1. The third-order valence-corrected chi connectivity index (χ3v) is 7.14. The smallest absolute Gasteiger partial charge is 0.347 e. The fraction of sp³-hybridized carbons (Fsp3) is 0.583. The first kappa shape index (κ1) is 14.0. The van der Waals surface area contributed by atoms with Crippen molar-refractivity contribution in [3.05, 3.63) is 15.8 Å². The first-order valence-corrected chi connectivity index (χ1v) is 8.61. The van der Waals surface area contributed by atoms with Gasteiger partial charge in [-0.15, -0.1) is 11.3 Å². The molecule has 3 rings (SSSR count). The molecule has 1 aromatic heterocycles. The molecule has 1 aliphatic carbocycles. The monoisotopic (exact) mass is 317 g/mol. The molecule has 1 aliphatic heterocycles. The molecule has 2 N–H and O–H groups in total. The molecule has 0 atom stereocenters. The van der Waals surface area contributed by atoms with Gasteiger partial charge in [0.25, 0.3) is 0 Å². The Morgan fingerprint density at radius 3 is 2.55 bits per heavy atom. The third kappa shape index (κ3) is 1.98. The molecule has 20 heavy (non-hydrogen) atoms. The first-order valence-electron chi connectivity index (χ1n) is 6.29. The van der Waals surface area contributed by atoms with Crippen LogP contribution in [0, 0.1) is 12.8 Å². The molecule has 2 fully saturated rings. The van der Waals surface area contributed by atoms with E-state index in [1.54, 1.807) is 6.92 Å². The van der Waals surface area contributed by atoms with Gasteiger partial charge < -0.3 is 10.2 Å². The lowest BCUT2D eigenvalue weighted by Crippen LogP contribution is -2.64. The van der Waals surface area contributed by atoms with E-state index in [0.29, 0.717) is 5.56 Å². The zero-order valence-corrected chi connectivity index (χ0v) is 12.5. The van der Waals surface area contributed by atoms with E-state index < -0.39 is 21.6 Å². The zero-order valence-electron chi connectivity index (χ0n) is 10.9. The Kier molecular flexibility index (Phi) is 2.99. The van der Waals surface area contributed by atoms with Gasteiger partial charge >= 0.3 is 5.97 Å². The molecule has 8 heteroatoms. The van der Waals surface area contributed by atoms with E-state index in [9.17, 15) is 18.3 Å². The number of nitrogens with zero attached hydrogens (tertiary/aromatic N) is 1. The van der Waals surface area contributed by atoms with Crippen molar-refractivity contribution < 1.29 is 23.4 Å². The highest BCUT2D eigenvalue weighted by atomic mass is 32.2. The molecule has 6 nitrogen and oxygen atoms in total. The lowest BCUT2D eigenvalue weighted by molar-refractivity contribution is -0.0764. The highest BCUT2D eigenvalue weighted by Gasteiger charge is 2.55. The van der Waals surface area contributed by atoms with Crippen LogP contribution in [0.25, 0.3) is 0 Å². The Labute approximate surface area is 120 Å². The summed E-state index contributed by atoms with van der Waals surface area (Å²) >= 11 is 0.914. The van der Waals surface area contributed by atoms with Crippen LogP contribution in [0.1, 0.15) is 28.1 Å². The molecule has 0 aromatic carbocycles. The number of thiophene rings is 1. The van der Waals surface area contributed by atoms with Crippen molar-refractivity contribution in [3.8, 4) is 0 Å². The Morgan fingerprint density at radius 2 is 2.05 bits per heavy atom. The molecule has 1 saturated heterocycles. The largest absolute Gasteiger partial charge is 0.477 e. The number of β-amino-alcohol motifs (C(OH)–C–C–N with tert-alkyl or cyclic N) is 1. The van der Waals surface area contributed by atoms with Gasteiger partial charge in [0.15, 0.2) is 0 Å². The third-order valence-electron chi connectivity index (χ3n) is 3.95. The number of carboxylic acid groups (broad SMARTS) is 1. The molecule has 2 heterocycles. The van der Waals surface area contributed by atoms with Gasteiger partial charge in [-0.1, -0.05) is 0 Å². The van der Waals surface area contributed by atoms with Gasteiger partial charge in [0.2, 0.25) is 10.0 Å². The van der Waals surface area contributed by atoms with Crippen molar-refractivity contribution in [1.29, 1.82) is 0 Å². The summed E-state index contributed by atoms with van der Waals surface area (Å²) in [5.41, 5.74) is -0.477. The van der Waals surface area contributed by atoms with Gasteiger partial charge in [-0.25, -0.2) is 13.2 Å². The summed E-state index contributed by atoms with van der Waals surface area (Å²) in [6.45, 7) is 1.71. The van der Waals surface area contributed by atoms with E-state index in [1.807, 2.05) is 0 Å². The average molecular weight is 317 g/mol. The van der Waals surface area contributed by atoms with Crippen molar-refractivity contribution in [2.45, 2.75) is 30.3 Å². The van der Waals surface area contributed by atoms with Crippen LogP contribution in [0.5, 0.6) is 0 Å². The van der Waals surface area contributed by atoms with Crippen LogP contribution >= 0.6 is 11.3 Å². The normalized spacial score (nSPS) is 22.5. The van der Waals surface area contributed by atoms with Gasteiger partial charge in [0.1, 0.15) is 9.77 Å². The first-order chi connectivity index (χ1) is 9.25. The number of aromatic carboxylic acids is 1. The summed E-state index contributed by atoms with van der Waals surface area (Å²) in [7, 11) is -3.84. The molecule has 0 bridgehead atoms. The van der Waals surface area contributed by atoms with Crippen LogP contribution in [0.15, 0.2) is 10.3 Å². The summed E-state index contributed by atoms with van der Waals surface area (Å²) < 4.78 is 26.2. The SMILES string of the molecule is Cc1csc(C(=O)O)c1S(=O)(=O)N1CC(O)(C2CC2)C1. The highest BCUT2D eigenvalue weighted by Crippen LogP contribution is 2.46. The lowest BCUT2D eigenvalue weighted by atomic mass is 9.91. The van der Waals surface area contributed by atoms with Crippen molar-refractivity contribution in [1.82, 2.24) is 4.31 Å². The molecule has 1 aromatic rings. The second kappa shape index (κ2) is 4.27. The quantitative estimate of drug-likeness (QED) is 0.860. The number of rotatable bonds is 4. The number of aryl methyl sites for hydroxylation is 1. The lowest BCUT2D eigenvalue weighted by Gasteiger charge is -2.45. The predicted molar refractivity (Wildman–Crippen MR) is 72.4 cm³/mol. The highest BCUT2D eigenvalue weighted by molar-refractivity contribution is 7.89. The molecule has 0 unspecified atom stereocenters. The summed E-state index contributed by atoms with van der Waals surface area (Å²) in [4.78, 5) is 10.8. The van der Waals surface area contributed by atoms with Crippen LogP contribution in [0.2, 0.25) is 0 Å². The summed E-state index contributed by atoms with van der Waals surface area (Å²) in [5.74, 6) is -1.05. The number of hydrogen-bond donors (Lipinski definition) is 2. The maximum absolute atomic E-state index is 12.5. The molecule has 1 saturated carbocycles. The number of carbonyl (C=O) groups is 1. The molecule has 2 aliphatic rings. The molecule has 0 radical (unpaired) electrons.